The van der Waals surface area contributed by atoms with Crippen LogP contribution in [0.15, 0.2) is 12.2 Å². The van der Waals surface area contributed by atoms with Gasteiger partial charge in [0.25, 0.3) is 0 Å². The summed E-state index contributed by atoms with van der Waals surface area (Å²) in [6, 6.07) is 0.903. The van der Waals surface area contributed by atoms with Crippen molar-refractivity contribution in [2.45, 2.75) is 52.0 Å². The molecule has 2 nitrogen and oxygen atoms in total. The molecule has 0 aromatic heterocycles. The average molecular weight is 225 g/mol. The van der Waals surface area contributed by atoms with Crippen LogP contribution in [0.25, 0.3) is 0 Å². The van der Waals surface area contributed by atoms with Crippen LogP contribution in [0.3, 0.4) is 0 Å². The molecule has 1 N–H and O–H groups in total. The lowest BCUT2D eigenvalue weighted by atomic mass is 9.82. The third kappa shape index (κ3) is 5.13. The molecule has 0 radical (unpaired) electrons. The van der Waals surface area contributed by atoms with Crippen LogP contribution >= 0.6 is 0 Å². The first-order chi connectivity index (χ1) is 7.95. The van der Waals surface area contributed by atoms with Gasteiger partial charge in [0.15, 0.2) is 0 Å². The fourth-order valence-corrected chi connectivity index (χ4v) is 2.39. The summed E-state index contributed by atoms with van der Waals surface area (Å²) in [6.07, 6.45) is 11.2. The van der Waals surface area contributed by atoms with E-state index in [2.05, 4.69) is 11.4 Å². The smallest absolute Gasteiger partial charge is 0.0647 e. The van der Waals surface area contributed by atoms with Gasteiger partial charge in [0.2, 0.25) is 0 Å². The van der Waals surface area contributed by atoms with Crippen molar-refractivity contribution in [3.63, 3.8) is 0 Å². The molecule has 0 atom stereocenters. The molecule has 4 rings (SSSR count). The molecule has 3 heterocycles. The Bertz CT molecular complexity index is 152. The largest absolute Gasteiger partial charge is 0.377 e. The average Bonchev–Trinajstić information content (AvgIpc) is 2.46. The Labute approximate surface area is 100 Å². The van der Waals surface area contributed by atoms with Gasteiger partial charge in [-0.3, -0.25) is 0 Å². The molecule has 0 unspecified atom stereocenters. The summed E-state index contributed by atoms with van der Waals surface area (Å²) >= 11 is 0. The molecule has 0 amide bonds. The van der Waals surface area contributed by atoms with Crippen LogP contribution < -0.4 is 5.32 Å². The summed E-state index contributed by atoms with van der Waals surface area (Å²) in [5.41, 5.74) is 0. The second-order valence-corrected chi connectivity index (χ2v) is 4.46. The van der Waals surface area contributed by atoms with Crippen LogP contribution in [0, 0.1) is 5.92 Å². The maximum Gasteiger partial charge on any atom is 0.0647 e. The van der Waals surface area contributed by atoms with E-state index in [4.69, 9.17) is 4.74 Å². The fourth-order valence-electron chi connectivity index (χ4n) is 2.39. The van der Waals surface area contributed by atoms with Crippen molar-refractivity contribution in [3.05, 3.63) is 12.2 Å². The normalized spacial score (nSPS) is 30.9. The molecule has 16 heavy (non-hydrogen) atoms. The summed E-state index contributed by atoms with van der Waals surface area (Å²) in [6.45, 7) is 7.04. The van der Waals surface area contributed by atoms with E-state index in [1.807, 2.05) is 19.9 Å². The minimum absolute atomic E-state index is 0.819. The van der Waals surface area contributed by atoms with Gasteiger partial charge in [-0.05, 0) is 44.6 Å². The predicted molar refractivity (Wildman–Crippen MR) is 69.7 cm³/mol. The molecule has 4 aliphatic rings. The van der Waals surface area contributed by atoms with Crippen LogP contribution in [0.2, 0.25) is 0 Å². The van der Waals surface area contributed by atoms with Gasteiger partial charge in [0, 0.05) is 6.04 Å². The van der Waals surface area contributed by atoms with Crippen molar-refractivity contribution in [1.29, 1.82) is 0 Å². The Kier molecular flexibility index (Phi) is 7.52. The third-order valence-corrected chi connectivity index (χ3v) is 3.35. The number of nitrogens with one attached hydrogen (secondary N) is 1. The molecule has 2 heteroatoms. The lowest BCUT2D eigenvalue weighted by molar-refractivity contribution is 0.158. The molecule has 94 valence electrons. The van der Waals surface area contributed by atoms with Gasteiger partial charge in [-0.1, -0.05) is 26.0 Å². The van der Waals surface area contributed by atoms with Crippen molar-refractivity contribution < 1.29 is 4.74 Å². The summed E-state index contributed by atoms with van der Waals surface area (Å²) < 4.78 is 4.98. The van der Waals surface area contributed by atoms with Crippen LogP contribution in [0.5, 0.6) is 0 Å². The first kappa shape index (κ1) is 13.7. The Morgan fingerprint density at radius 2 is 1.81 bits per heavy atom. The Morgan fingerprint density at radius 1 is 1.06 bits per heavy atom. The number of ether oxygens (including phenoxy) is 1. The minimum atomic E-state index is 0.819. The molecule has 2 bridgehead atoms. The van der Waals surface area contributed by atoms with Crippen molar-refractivity contribution >= 4 is 0 Å². The number of hydrogen-bond acceptors (Lipinski definition) is 2. The zero-order chi connectivity index (χ0) is 11.6. The van der Waals surface area contributed by atoms with Gasteiger partial charge in [-0.2, -0.15) is 0 Å². The van der Waals surface area contributed by atoms with E-state index in [1.54, 1.807) is 0 Å². The van der Waals surface area contributed by atoms with Gasteiger partial charge < -0.3 is 10.1 Å². The standard InChI is InChI=1S/C7H13N.C5H8O.C2H6/c1-3-7-4-2-6(1)5-8-7;1-2-4-6-5-3-1;1-2/h6-8H,1-5H2;1-2H,3-5H2;1-2H3. The zero-order valence-corrected chi connectivity index (χ0v) is 10.9. The molecule has 2 saturated heterocycles. The third-order valence-electron chi connectivity index (χ3n) is 3.35. The second-order valence-electron chi connectivity index (χ2n) is 4.46. The highest BCUT2D eigenvalue weighted by atomic mass is 16.5. The molecular formula is C14H27NO. The lowest BCUT2D eigenvalue weighted by Gasteiger charge is -2.36. The topological polar surface area (TPSA) is 21.3 Å². The summed E-state index contributed by atoms with van der Waals surface area (Å²) in [5, 5.41) is 3.52. The fraction of sp³-hybridized carbons (Fsp3) is 0.857. The Morgan fingerprint density at radius 3 is 1.94 bits per heavy atom. The van der Waals surface area contributed by atoms with E-state index in [0.29, 0.717) is 0 Å². The van der Waals surface area contributed by atoms with Crippen molar-refractivity contribution in [3.8, 4) is 0 Å². The summed E-state index contributed by atoms with van der Waals surface area (Å²) in [7, 11) is 0. The molecular weight excluding hydrogens is 198 g/mol. The first-order valence-corrected chi connectivity index (χ1v) is 6.91. The van der Waals surface area contributed by atoms with Gasteiger partial charge >= 0.3 is 0 Å². The highest BCUT2D eigenvalue weighted by Crippen LogP contribution is 2.28. The van der Waals surface area contributed by atoms with Crippen molar-refractivity contribution in [1.82, 2.24) is 5.32 Å². The van der Waals surface area contributed by atoms with Crippen molar-refractivity contribution in [2.75, 3.05) is 19.8 Å². The van der Waals surface area contributed by atoms with Gasteiger partial charge in [0.1, 0.15) is 0 Å². The van der Waals surface area contributed by atoms with Crippen molar-refractivity contribution in [2.24, 2.45) is 5.92 Å². The maximum absolute atomic E-state index is 4.98. The number of hydrogen-bond donors (Lipinski definition) is 1. The van der Waals surface area contributed by atoms with E-state index < -0.39 is 0 Å². The summed E-state index contributed by atoms with van der Waals surface area (Å²) in [4.78, 5) is 0. The molecule has 0 aromatic rings. The minimum Gasteiger partial charge on any atom is -0.377 e. The van der Waals surface area contributed by atoms with E-state index in [9.17, 15) is 0 Å². The Hall–Kier alpha value is -0.340. The zero-order valence-electron chi connectivity index (χ0n) is 10.9. The number of rotatable bonds is 0. The van der Waals surface area contributed by atoms with E-state index in [0.717, 1.165) is 31.6 Å². The van der Waals surface area contributed by atoms with E-state index in [-0.39, 0.29) is 0 Å². The van der Waals surface area contributed by atoms with E-state index in [1.165, 1.54) is 32.2 Å². The van der Waals surface area contributed by atoms with Crippen LogP contribution in [0.4, 0.5) is 0 Å². The first-order valence-electron chi connectivity index (χ1n) is 6.91. The SMILES string of the molecule is C1=CCOCC1.C1CC2CCC1CN2.CC. The van der Waals surface area contributed by atoms with Crippen LogP contribution in [-0.4, -0.2) is 25.8 Å². The van der Waals surface area contributed by atoms with E-state index >= 15 is 0 Å². The Balaban J connectivity index is 0.000000144. The number of fused-ring (bicyclic) bond motifs is 3. The maximum atomic E-state index is 4.98. The molecule has 3 aliphatic heterocycles. The molecule has 1 aliphatic carbocycles. The quantitative estimate of drug-likeness (QED) is 0.640. The predicted octanol–water partition coefficient (Wildman–Crippen LogP) is 3.14. The molecule has 0 spiro atoms. The van der Waals surface area contributed by atoms with Crippen LogP contribution in [-0.2, 0) is 4.74 Å². The molecule has 0 aromatic carbocycles. The van der Waals surface area contributed by atoms with Gasteiger partial charge in [0.05, 0.1) is 13.2 Å². The van der Waals surface area contributed by atoms with Gasteiger partial charge in [-0.25, -0.2) is 0 Å². The molecule has 3 fully saturated rings. The summed E-state index contributed by atoms with van der Waals surface area (Å²) in [5.74, 6) is 1.04. The highest BCUT2D eigenvalue weighted by molar-refractivity contribution is 4.84. The number of piperidine rings is 2. The highest BCUT2D eigenvalue weighted by Gasteiger charge is 2.25. The second kappa shape index (κ2) is 8.77. The van der Waals surface area contributed by atoms with Crippen LogP contribution in [0.1, 0.15) is 46.0 Å². The lowest BCUT2D eigenvalue weighted by Crippen LogP contribution is -2.44. The molecule has 1 saturated carbocycles. The monoisotopic (exact) mass is 225 g/mol. The van der Waals surface area contributed by atoms with Gasteiger partial charge in [-0.15, -0.1) is 0 Å².